The minimum atomic E-state index is -1.68. The number of aromatic hydroxyl groups is 1. The van der Waals surface area contributed by atoms with Crippen molar-refractivity contribution in [3.63, 3.8) is 0 Å². The highest BCUT2D eigenvalue weighted by Crippen LogP contribution is 2.29. The van der Waals surface area contributed by atoms with Crippen LogP contribution in [0.2, 0.25) is 0 Å². The Morgan fingerprint density at radius 3 is 2.69 bits per heavy atom. The number of aliphatic hydroxyl groups excluding tert-OH is 1. The van der Waals surface area contributed by atoms with Crippen molar-refractivity contribution in [1.82, 2.24) is 0 Å². The topological polar surface area (TPSA) is 66.8 Å². The van der Waals surface area contributed by atoms with Gasteiger partial charge >= 0.3 is 5.97 Å². The van der Waals surface area contributed by atoms with Gasteiger partial charge in [0.2, 0.25) is 0 Å². The molecule has 1 aromatic rings. The van der Waals surface area contributed by atoms with E-state index in [1.54, 1.807) is 6.92 Å². The summed E-state index contributed by atoms with van der Waals surface area (Å²) in [5.74, 6) is -2.53. The largest absolute Gasteiger partial charge is 0.505 e. The van der Waals surface area contributed by atoms with Crippen LogP contribution in [0, 0.1) is 5.82 Å². The quantitative estimate of drug-likeness (QED) is 0.765. The first kappa shape index (κ1) is 12.4. The smallest absolute Gasteiger partial charge is 0.339 e. The van der Waals surface area contributed by atoms with Crippen molar-refractivity contribution in [2.45, 2.75) is 19.4 Å². The van der Waals surface area contributed by atoms with Crippen molar-refractivity contribution in [3.05, 3.63) is 29.1 Å². The van der Waals surface area contributed by atoms with Gasteiger partial charge in [-0.05, 0) is 24.1 Å². The minimum Gasteiger partial charge on any atom is -0.505 e. The summed E-state index contributed by atoms with van der Waals surface area (Å²) in [6.45, 7) is 1.79. The number of hydrogen-bond donors (Lipinski definition) is 2. The molecule has 0 aliphatic heterocycles. The summed E-state index contributed by atoms with van der Waals surface area (Å²) < 4.78 is 17.6. The lowest BCUT2D eigenvalue weighted by molar-refractivity contribution is -0.150. The van der Waals surface area contributed by atoms with E-state index in [0.717, 1.165) is 13.2 Å². The van der Waals surface area contributed by atoms with Crippen LogP contribution < -0.4 is 0 Å². The van der Waals surface area contributed by atoms with Crippen LogP contribution in [-0.2, 0) is 16.0 Å². The van der Waals surface area contributed by atoms with Gasteiger partial charge in [-0.25, -0.2) is 9.18 Å². The summed E-state index contributed by atoms with van der Waals surface area (Å²) in [5.41, 5.74) is 0.400. The van der Waals surface area contributed by atoms with Crippen LogP contribution in [0.1, 0.15) is 24.2 Å². The van der Waals surface area contributed by atoms with Gasteiger partial charge in [-0.2, -0.15) is 0 Å². The highest BCUT2D eigenvalue weighted by molar-refractivity contribution is 5.77. The van der Waals surface area contributed by atoms with Crippen LogP contribution in [0.3, 0.4) is 0 Å². The molecule has 0 amide bonds. The second kappa shape index (κ2) is 4.94. The zero-order chi connectivity index (χ0) is 12.3. The standard InChI is InChI=1S/C11H13FO4/c1-3-6-4-7(9(13)8(12)5-6)10(14)11(15)16-2/h4-5,10,13-14H,3H2,1-2H3. The summed E-state index contributed by atoms with van der Waals surface area (Å²) in [7, 11) is 1.10. The number of carbonyl (C=O) groups excluding carboxylic acids is 1. The number of aryl methyl sites for hydroxylation is 1. The van der Waals surface area contributed by atoms with E-state index in [1.165, 1.54) is 6.07 Å². The third kappa shape index (κ3) is 2.30. The van der Waals surface area contributed by atoms with Gasteiger partial charge in [0.1, 0.15) is 0 Å². The summed E-state index contributed by atoms with van der Waals surface area (Å²) in [6.07, 6.45) is -1.15. The summed E-state index contributed by atoms with van der Waals surface area (Å²) >= 11 is 0. The molecule has 0 fully saturated rings. The van der Waals surface area contributed by atoms with Crippen LogP contribution in [0.25, 0.3) is 0 Å². The molecule has 0 aliphatic rings. The van der Waals surface area contributed by atoms with Gasteiger partial charge in [-0.15, -0.1) is 0 Å². The monoisotopic (exact) mass is 228 g/mol. The second-order valence-electron chi connectivity index (χ2n) is 3.29. The fourth-order valence-electron chi connectivity index (χ4n) is 1.33. The molecule has 0 heterocycles. The normalized spacial score (nSPS) is 12.2. The Kier molecular flexibility index (Phi) is 3.84. The number of carbonyl (C=O) groups is 1. The van der Waals surface area contributed by atoms with Crippen LogP contribution in [-0.4, -0.2) is 23.3 Å². The van der Waals surface area contributed by atoms with Crippen molar-refractivity contribution in [1.29, 1.82) is 0 Å². The van der Waals surface area contributed by atoms with Crippen molar-refractivity contribution in [2.75, 3.05) is 7.11 Å². The Morgan fingerprint density at radius 2 is 2.19 bits per heavy atom. The van der Waals surface area contributed by atoms with E-state index in [1.807, 2.05) is 0 Å². The van der Waals surface area contributed by atoms with Crippen LogP contribution in [0.4, 0.5) is 4.39 Å². The van der Waals surface area contributed by atoms with Crippen molar-refractivity contribution in [3.8, 4) is 5.75 Å². The number of phenols is 1. The fraction of sp³-hybridized carbons (Fsp3) is 0.364. The minimum absolute atomic E-state index is 0.177. The van der Waals surface area contributed by atoms with Gasteiger partial charge in [0.25, 0.3) is 0 Å². The lowest BCUT2D eigenvalue weighted by atomic mass is 10.0. The molecule has 0 radical (unpaired) electrons. The van der Waals surface area contributed by atoms with Crippen molar-refractivity contribution >= 4 is 5.97 Å². The Hall–Kier alpha value is -1.62. The number of esters is 1. The average molecular weight is 228 g/mol. The van der Waals surface area contributed by atoms with Gasteiger partial charge in [0.15, 0.2) is 17.7 Å². The van der Waals surface area contributed by atoms with Crippen LogP contribution in [0.5, 0.6) is 5.75 Å². The molecular weight excluding hydrogens is 215 g/mol. The molecular formula is C11H13FO4. The predicted molar refractivity (Wildman–Crippen MR) is 54.4 cm³/mol. The number of ether oxygens (including phenoxy) is 1. The predicted octanol–water partition coefficient (Wildman–Crippen LogP) is 1.30. The Balaban J connectivity index is 3.21. The molecule has 1 unspecified atom stereocenters. The molecule has 4 nitrogen and oxygen atoms in total. The van der Waals surface area contributed by atoms with E-state index in [2.05, 4.69) is 4.74 Å². The fourth-order valence-corrected chi connectivity index (χ4v) is 1.33. The van der Waals surface area contributed by atoms with E-state index >= 15 is 0 Å². The average Bonchev–Trinajstić information content (AvgIpc) is 2.30. The summed E-state index contributed by atoms with van der Waals surface area (Å²) in [4.78, 5) is 11.1. The molecule has 0 aromatic heterocycles. The zero-order valence-corrected chi connectivity index (χ0v) is 9.03. The highest BCUT2D eigenvalue weighted by Gasteiger charge is 2.23. The van der Waals surface area contributed by atoms with Gasteiger partial charge < -0.3 is 14.9 Å². The van der Waals surface area contributed by atoms with E-state index in [4.69, 9.17) is 0 Å². The molecule has 88 valence electrons. The van der Waals surface area contributed by atoms with Crippen LogP contribution >= 0.6 is 0 Å². The lowest BCUT2D eigenvalue weighted by Gasteiger charge is -2.12. The third-order valence-corrected chi connectivity index (χ3v) is 2.28. The molecule has 1 rings (SSSR count). The SMILES string of the molecule is CCc1cc(F)c(O)c(C(O)C(=O)OC)c1. The van der Waals surface area contributed by atoms with Crippen molar-refractivity contribution < 1.29 is 24.1 Å². The molecule has 0 saturated carbocycles. The zero-order valence-electron chi connectivity index (χ0n) is 9.03. The second-order valence-corrected chi connectivity index (χ2v) is 3.29. The summed E-state index contributed by atoms with van der Waals surface area (Å²) in [5, 5.41) is 18.9. The molecule has 2 N–H and O–H groups in total. The number of aliphatic hydroxyl groups is 1. The van der Waals surface area contributed by atoms with Gasteiger partial charge in [0, 0.05) is 5.56 Å². The number of phenolic OH excluding ortho intramolecular Hbond substituents is 1. The van der Waals surface area contributed by atoms with E-state index < -0.39 is 23.6 Å². The van der Waals surface area contributed by atoms with E-state index in [-0.39, 0.29) is 5.56 Å². The maximum Gasteiger partial charge on any atom is 0.339 e. The molecule has 16 heavy (non-hydrogen) atoms. The molecule has 0 saturated heterocycles. The van der Waals surface area contributed by atoms with Gasteiger partial charge in [-0.3, -0.25) is 0 Å². The Morgan fingerprint density at radius 1 is 1.56 bits per heavy atom. The Bertz CT molecular complexity index is 403. The van der Waals surface area contributed by atoms with Crippen molar-refractivity contribution in [2.24, 2.45) is 0 Å². The number of rotatable bonds is 3. The first-order valence-electron chi connectivity index (χ1n) is 4.78. The molecule has 5 heteroatoms. The molecule has 1 aromatic carbocycles. The van der Waals surface area contributed by atoms with E-state index in [9.17, 15) is 19.4 Å². The summed E-state index contributed by atoms with van der Waals surface area (Å²) in [6, 6.07) is 2.53. The first-order chi connectivity index (χ1) is 7.51. The van der Waals surface area contributed by atoms with Gasteiger partial charge in [-0.1, -0.05) is 6.92 Å². The molecule has 1 atom stereocenters. The first-order valence-corrected chi connectivity index (χ1v) is 4.78. The third-order valence-electron chi connectivity index (χ3n) is 2.28. The maximum absolute atomic E-state index is 13.2. The molecule has 0 spiro atoms. The van der Waals surface area contributed by atoms with Gasteiger partial charge in [0.05, 0.1) is 7.11 Å². The number of hydrogen-bond acceptors (Lipinski definition) is 4. The Labute approximate surface area is 92.3 Å². The lowest BCUT2D eigenvalue weighted by Crippen LogP contribution is -2.14. The van der Waals surface area contributed by atoms with Crippen LogP contribution in [0.15, 0.2) is 12.1 Å². The van der Waals surface area contributed by atoms with E-state index in [0.29, 0.717) is 12.0 Å². The highest BCUT2D eigenvalue weighted by atomic mass is 19.1. The number of halogens is 1. The maximum atomic E-state index is 13.2. The molecule has 0 aliphatic carbocycles. The number of benzene rings is 1. The number of methoxy groups -OCH3 is 1. The molecule has 0 bridgehead atoms.